The number of amides is 2. The molecule has 1 aliphatic rings. The summed E-state index contributed by atoms with van der Waals surface area (Å²) in [4.78, 5) is 28.5. The number of ether oxygens (including phenoxy) is 1. The molecule has 8 nitrogen and oxygen atoms in total. The lowest BCUT2D eigenvalue weighted by Gasteiger charge is -2.32. The molecule has 1 saturated carbocycles. The van der Waals surface area contributed by atoms with Crippen molar-refractivity contribution < 1.29 is 27.1 Å². The number of nitrogens with one attached hydrogen (secondary N) is 1. The van der Waals surface area contributed by atoms with Crippen LogP contribution < -0.4 is 14.4 Å². The van der Waals surface area contributed by atoms with Crippen molar-refractivity contribution in [3.8, 4) is 5.75 Å². The van der Waals surface area contributed by atoms with Crippen molar-refractivity contribution in [3.63, 3.8) is 0 Å². The largest absolute Gasteiger partial charge is 0.497 e. The Balaban J connectivity index is 1.64. The van der Waals surface area contributed by atoms with Crippen LogP contribution in [0.25, 0.3) is 0 Å². The van der Waals surface area contributed by atoms with E-state index in [0.717, 1.165) is 47.7 Å². The predicted molar refractivity (Wildman–Crippen MR) is 156 cm³/mol. The van der Waals surface area contributed by atoms with Crippen LogP contribution in [0.4, 0.5) is 10.1 Å². The van der Waals surface area contributed by atoms with E-state index in [1.807, 2.05) is 30.3 Å². The van der Waals surface area contributed by atoms with E-state index in [1.54, 1.807) is 6.92 Å². The molecule has 0 aromatic heterocycles. The molecule has 41 heavy (non-hydrogen) atoms. The molecule has 1 N–H and O–H groups in total. The van der Waals surface area contributed by atoms with Gasteiger partial charge in [-0.15, -0.1) is 0 Å². The smallest absolute Gasteiger partial charge is 0.264 e. The van der Waals surface area contributed by atoms with Gasteiger partial charge < -0.3 is 15.0 Å². The number of rotatable bonds is 12. The minimum absolute atomic E-state index is 0.0571. The molecular weight excluding hydrogens is 545 g/mol. The molecule has 10 heteroatoms. The van der Waals surface area contributed by atoms with Crippen molar-refractivity contribution in [2.45, 2.75) is 56.0 Å². The van der Waals surface area contributed by atoms with Crippen LogP contribution in [-0.4, -0.2) is 57.4 Å². The van der Waals surface area contributed by atoms with Gasteiger partial charge in [-0.25, -0.2) is 12.8 Å². The summed E-state index contributed by atoms with van der Waals surface area (Å²) in [5, 5.41) is 3.05. The minimum atomic E-state index is -4.24. The van der Waals surface area contributed by atoms with Gasteiger partial charge in [0.25, 0.3) is 10.0 Å². The van der Waals surface area contributed by atoms with Gasteiger partial charge in [0.15, 0.2) is 0 Å². The first-order valence-corrected chi connectivity index (χ1v) is 15.2. The first-order valence-electron chi connectivity index (χ1n) is 13.7. The summed E-state index contributed by atoms with van der Waals surface area (Å²) >= 11 is 0. The molecule has 1 fully saturated rings. The van der Waals surface area contributed by atoms with Gasteiger partial charge in [-0.2, -0.15) is 0 Å². The van der Waals surface area contributed by atoms with E-state index in [-0.39, 0.29) is 29.1 Å². The van der Waals surface area contributed by atoms with Gasteiger partial charge in [0.1, 0.15) is 24.2 Å². The Kier molecular flexibility index (Phi) is 9.99. The maximum absolute atomic E-state index is 13.9. The lowest BCUT2D eigenvalue weighted by Crippen LogP contribution is -2.53. The van der Waals surface area contributed by atoms with Crippen molar-refractivity contribution in [2.24, 2.45) is 0 Å². The number of sulfonamides is 1. The number of carbonyl (C=O) groups excluding carboxylic acids is 2. The Bertz CT molecular complexity index is 1410. The number of benzene rings is 3. The zero-order chi connectivity index (χ0) is 29.4. The standard InChI is InChI=1S/C31H36FN3O5S/c1-23(31(37)33-26-10-6-7-11-26)34(21-20-24-8-4-3-5-9-24)30(36)22-35(27-14-12-25(32)13-15-27)41(38,39)29-18-16-28(40-2)17-19-29/h3-5,8-9,12-19,23,26H,6-7,10-11,20-22H2,1-2H3,(H,33,37)/t23-/m1/s1. The van der Waals surface area contributed by atoms with Crippen molar-refractivity contribution in [1.82, 2.24) is 10.2 Å². The second kappa shape index (κ2) is 13.6. The van der Waals surface area contributed by atoms with Gasteiger partial charge in [0.2, 0.25) is 11.8 Å². The van der Waals surface area contributed by atoms with E-state index < -0.39 is 34.3 Å². The number of hydrogen-bond acceptors (Lipinski definition) is 5. The summed E-state index contributed by atoms with van der Waals surface area (Å²) in [5.74, 6) is -0.882. The summed E-state index contributed by atoms with van der Waals surface area (Å²) < 4.78 is 47.5. The van der Waals surface area contributed by atoms with Crippen LogP contribution in [0.15, 0.2) is 83.8 Å². The SMILES string of the molecule is COc1ccc(S(=O)(=O)N(CC(=O)N(CCc2ccccc2)[C@H](C)C(=O)NC2CCCC2)c2ccc(F)cc2)cc1. The fourth-order valence-corrected chi connectivity index (χ4v) is 6.39. The Morgan fingerprint density at radius 2 is 1.61 bits per heavy atom. The van der Waals surface area contributed by atoms with E-state index >= 15 is 0 Å². The lowest BCUT2D eigenvalue weighted by atomic mass is 10.1. The van der Waals surface area contributed by atoms with E-state index in [2.05, 4.69) is 5.32 Å². The molecule has 4 rings (SSSR count). The van der Waals surface area contributed by atoms with E-state index in [9.17, 15) is 22.4 Å². The Hall–Kier alpha value is -3.92. The Morgan fingerprint density at radius 3 is 2.22 bits per heavy atom. The molecule has 0 aliphatic heterocycles. The maximum atomic E-state index is 13.9. The van der Waals surface area contributed by atoms with Crippen molar-refractivity contribution in [3.05, 3.63) is 90.2 Å². The van der Waals surface area contributed by atoms with Crippen LogP contribution in [0.5, 0.6) is 5.75 Å². The van der Waals surface area contributed by atoms with Crippen LogP contribution in [-0.2, 0) is 26.0 Å². The molecule has 1 atom stereocenters. The molecule has 0 heterocycles. The predicted octanol–water partition coefficient (Wildman–Crippen LogP) is 4.55. The Labute approximate surface area is 241 Å². The third-order valence-corrected chi connectivity index (χ3v) is 9.18. The quantitative estimate of drug-likeness (QED) is 0.339. The van der Waals surface area contributed by atoms with Gasteiger partial charge >= 0.3 is 0 Å². The van der Waals surface area contributed by atoms with Gasteiger partial charge in [-0.1, -0.05) is 43.2 Å². The molecular formula is C31H36FN3O5S. The van der Waals surface area contributed by atoms with Gasteiger partial charge in [0.05, 0.1) is 17.7 Å². The molecule has 0 unspecified atom stereocenters. The molecule has 3 aromatic carbocycles. The lowest BCUT2D eigenvalue weighted by molar-refractivity contribution is -0.139. The fourth-order valence-electron chi connectivity index (χ4n) is 4.97. The van der Waals surface area contributed by atoms with Crippen molar-refractivity contribution in [1.29, 1.82) is 0 Å². The summed E-state index contributed by atoms with van der Waals surface area (Å²) in [6.45, 7) is 1.30. The van der Waals surface area contributed by atoms with Crippen molar-refractivity contribution in [2.75, 3.05) is 24.5 Å². The highest BCUT2D eigenvalue weighted by Gasteiger charge is 2.33. The number of methoxy groups -OCH3 is 1. The van der Waals surface area contributed by atoms with Gasteiger partial charge in [-0.3, -0.25) is 13.9 Å². The zero-order valence-electron chi connectivity index (χ0n) is 23.3. The zero-order valence-corrected chi connectivity index (χ0v) is 24.1. The van der Waals surface area contributed by atoms with Crippen molar-refractivity contribution >= 4 is 27.5 Å². The number of halogens is 1. The normalized spacial score (nSPS) is 14.3. The third-order valence-electron chi connectivity index (χ3n) is 7.39. The highest BCUT2D eigenvalue weighted by atomic mass is 32.2. The summed E-state index contributed by atoms with van der Waals surface area (Å²) in [6.07, 6.45) is 4.37. The van der Waals surface area contributed by atoms with Crippen LogP contribution in [0, 0.1) is 5.82 Å². The number of carbonyl (C=O) groups is 2. The molecule has 3 aromatic rings. The maximum Gasteiger partial charge on any atom is 0.264 e. The van der Waals surface area contributed by atoms with E-state index in [0.29, 0.717) is 12.2 Å². The topological polar surface area (TPSA) is 96.0 Å². The first-order chi connectivity index (χ1) is 19.7. The second-order valence-corrected chi connectivity index (χ2v) is 12.0. The second-order valence-electron chi connectivity index (χ2n) is 10.2. The van der Waals surface area contributed by atoms with Crippen LogP contribution in [0.1, 0.15) is 38.2 Å². The molecule has 1 aliphatic carbocycles. The molecule has 218 valence electrons. The first kappa shape index (κ1) is 30.0. The highest BCUT2D eigenvalue weighted by Crippen LogP contribution is 2.26. The summed E-state index contributed by atoms with van der Waals surface area (Å²) in [7, 11) is -2.77. The van der Waals surface area contributed by atoms with E-state index in [4.69, 9.17) is 4.74 Å². The number of hydrogen-bond donors (Lipinski definition) is 1. The molecule has 0 radical (unpaired) electrons. The number of nitrogens with zero attached hydrogens (tertiary/aromatic N) is 2. The average molecular weight is 582 g/mol. The van der Waals surface area contributed by atoms with Gasteiger partial charge in [0, 0.05) is 12.6 Å². The third kappa shape index (κ3) is 7.64. The fraction of sp³-hybridized carbons (Fsp3) is 0.355. The summed E-state index contributed by atoms with van der Waals surface area (Å²) in [5.41, 5.74) is 1.11. The van der Waals surface area contributed by atoms with Crippen LogP contribution in [0.3, 0.4) is 0 Å². The van der Waals surface area contributed by atoms with E-state index in [1.165, 1.54) is 48.4 Å². The minimum Gasteiger partial charge on any atom is -0.497 e. The molecule has 0 spiro atoms. The molecule has 0 saturated heterocycles. The Morgan fingerprint density at radius 1 is 0.976 bits per heavy atom. The summed E-state index contributed by atoms with van der Waals surface area (Å²) in [6, 6.07) is 19.5. The monoisotopic (exact) mass is 581 g/mol. The average Bonchev–Trinajstić information content (AvgIpc) is 3.50. The van der Waals surface area contributed by atoms with Crippen LogP contribution >= 0.6 is 0 Å². The molecule has 0 bridgehead atoms. The molecule has 2 amide bonds. The van der Waals surface area contributed by atoms with Gasteiger partial charge in [-0.05, 0) is 80.3 Å². The highest BCUT2D eigenvalue weighted by molar-refractivity contribution is 7.92. The number of anilines is 1. The van der Waals surface area contributed by atoms with Crippen LogP contribution in [0.2, 0.25) is 0 Å².